The van der Waals surface area contributed by atoms with Crippen molar-refractivity contribution in [2.75, 3.05) is 4.90 Å². The molecule has 2 unspecified atom stereocenters. The molecule has 4 saturated carbocycles. The van der Waals surface area contributed by atoms with Crippen LogP contribution in [0.4, 0.5) is 5.69 Å². The molecule has 6 rings (SSSR count). The van der Waals surface area contributed by atoms with E-state index >= 15 is 0 Å². The third-order valence-corrected chi connectivity index (χ3v) is 7.94. The number of hydrogen-bond donors (Lipinski definition) is 0. The molecular weight excluding hydrogens is 370 g/mol. The van der Waals surface area contributed by atoms with E-state index in [1.165, 1.54) is 24.2 Å². The SMILES string of the molecule is N#CC1=C(Cl)N(c2ccccc2)C(=O)C(C#N)C1C12CC3CC(CC(C3)C1)C2. The molecule has 1 aromatic carbocycles. The van der Waals surface area contributed by atoms with Gasteiger partial charge in [-0.2, -0.15) is 10.5 Å². The number of hydrogen-bond acceptors (Lipinski definition) is 3. The Balaban J connectivity index is 1.64. The maximum atomic E-state index is 13.4. The van der Waals surface area contributed by atoms with Crippen molar-refractivity contribution in [1.29, 1.82) is 10.5 Å². The molecule has 1 aliphatic heterocycles. The maximum Gasteiger partial charge on any atom is 0.250 e. The average Bonchev–Trinajstić information content (AvgIpc) is 2.67. The molecule has 0 N–H and O–H groups in total. The summed E-state index contributed by atoms with van der Waals surface area (Å²) in [6, 6.07) is 13.7. The zero-order valence-corrected chi connectivity index (χ0v) is 16.4. The number of benzene rings is 1. The summed E-state index contributed by atoms with van der Waals surface area (Å²) in [4.78, 5) is 14.8. The minimum absolute atomic E-state index is 0.126. The number of nitrogens with zero attached hydrogens (tertiary/aromatic N) is 3. The van der Waals surface area contributed by atoms with Crippen LogP contribution in [0.1, 0.15) is 38.5 Å². The van der Waals surface area contributed by atoms with Crippen LogP contribution in [0, 0.1) is 57.7 Å². The molecule has 1 heterocycles. The highest BCUT2D eigenvalue weighted by Gasteiger charge is 2.60. The first kappa shape index (κ1) is 17.8. The van der Waals surface area contributed by atoms with E-state index in [0.29, 0.717) is 29.0 Å². The van der Waals surface area contributed by atoms with E-state index in [-0.39, 0.29) is 22.4 Å². The number of carbonyl (C=O) groups is 1. The van der Waals surface area contributed by atoms with Crippen molar-refractivity contribution in [3.05, 3.63) is 41.1 Å². The first-order valence-corrected chi connectivity index (χ1v) is 10.5. The molecule has 1 aromatic rings. The van der Waals surface area contributed by atoms with Crippen LogP contribution in [-0.4, -0.2) is 5.91 Å². The van der Waals surface area contributed by atoms with Gasteiger partial charge in [-0.1, -0.05) is 29.8 Å². The molecule has 0 spiro atoms. The van der Waals surface area contributed by atoms with E-state index in [2.05, 4.69) is 12.1 Å². The number of nitriles is 2. The molecular formula is C23H22ClN3O. The van der Waals surface area contributed by atoms with E-state index < -0.39 is 5.92 Å². The second-order valence-corrected chi connectivity index (χ2v) is 9.55. The first-order valence-electron chi connectivity index (χ1n) is 10.1. The van der Waals surface area contributed by atoms with Gasteiger partial charge >= 0.3 is 0 Å². The van der Waals surface area contributed by atoms with Crippen LogP contribution in [0.5, 0.6) is 0 Å². The number of anilines is 1. The largest absolute Gasteiger partial charge is 0.273 e. The van der Waals surface area contributed by atoms with E-state index in [0.717, 1.165) is 19.3 Å². The molecule has 0 saturated heterocycles. The Morgan fingerprint density at radius 3 is 2.07 bits per heavy atom. The smallest absolute Gasteiger partial charge is 0.250 e. The fourth-order valence-corrected chi connectivity index (χ4v) is 7.42. The third-order valence-electron chi connectivity index (χ3n) is 7.57. The highest BCUT2D eigenvalue weighted by molar-refractivity contribution is 6.35. The van der Waals surface area contributed by atoms with Crippen LogP contribution < -0.4 is 4.90 Å². The van der Waals surface area contributed by atoms with Crippen LogP contribution in [-0.2, 0) is 4.79 Å². The van der Waals surface area contributed by atoms with Crippen LogP contribution in [0.25, 0.3) is 0 Å². The highest BCUT2D eigenvalue weighted by Crippen LogP contribution is 2.65. The molecule has 4 fully saturated rings. The zero-order chi connectivity index (χ0) is 19.5. The van der Waals surface area contributed by atoms with Crippen molar-refractivity contribution >= 4 is 23.2 Å². The predicted molar refractivity (Wildman–Crippen MR) is 106 cm³/mol. The second-order valence-electron chi connectivity index (χ2n) is 9.19. The molecule has 4 bridgehead atoms. The Morgan fingerprint density at radius 1 is 1.00 bits per heavy atom. The Labute approximate surface area is 170 Å². The molecule has 4 aliphatic carbocycles. The number of para-hydroxylation sites is 1. The van der Waals surface area contributed by atoms with Gasteiger partial charge in [-0.15, -0.1) is 0 Å². The fourth-order valence-electron chi connectivity index (χ4n) is 7.08. The van der Waals surface area contributed by atoms with Gasteiger partial charge in [-0.25, -0.2) is 0 Å². The van der Waals surface area contributed by atoms with Gasteiger partial charge in [0.15, 0.2) is 0 Å². The standard InChI is InChI=1S/C23H22ClN3O/c24-21-18(12-25)20(23-9-14-6-15(10-23)8-16(7-14)11-23)19(13-26)22(28)27(21)17-4-2-1-3-5-17/h1-5,14-16,19-20H,6-11H2. The Kier molecular flexibility index (Phi) is 4.04. The molecule has 1 amide bonds. The van der Waals surface area contributed by atoms with Crippen molar-refractivity contribution in [1.82, 2.24) is 0 Å². The van der Waals surface area contributed by atoms with Crippen LogP contribution >= 0.6 is 11.6 Å². The molecule has 28 heavy (non-hydrogen) atoms. The molecule has 5 aliphatic rings. The number of rotatable bonds is 2. The van der Waals surface area contributed by atoms with Gasteiger partial charge in [0.2, 0.25) is 5.91 Å². The van der Waals surface area contributed by atoms with Gasteiger partial charge in [0.25, 0.3) is 0 Å². The summed E-state index contributed by atoms with van der Waals surface area (Å²) in [5.74, 6) is 0.493. The Bertz CT molecular complexity index is 904. The van der Waals surface area contributed by atoms with E-state index in [1.54, 1.807) is 12.1 Å². The van der Waals surface area contributed by atoms with Gasteiger partial charge in [-0.05, 0) is 73.8 Å². The van der Waals surface area contributed by atoms with E-state index in [1.807, 2.05) is 18.2 Å². The predicted octanol–water partition coefficient (Wildman–Crippen LogP) is 4.98. The minimum Gasteiger partial charge on any atom is -0.273 e. The van der Waals surface area contributed by atoms with Crippen LogP contribution in [0.2, 0.25) is 0 Å². The topological polar surface area (TPSA) is 67.9 Å². The number of carbonyl (C=O) groups excluding carboxylic acids is 1. The lowest BCUT2D eigenvalue weighted by Crippen LogP contribution is -2.55. The van der Waals surface area contributed by atoms with Gasteiger partial charge in [0, 0.05) is 11.6 Å². The number of halogens is 1. The lowest BCUT2D eigenvalue weighted by atomic mass is 9.44. The summed E-state index contributed by atoms with van der Waals surface area (Å²) in [7, 11) is 0. The summed E-state index contributed by atoms with van der Waals surface area (Å²) >= 11 is 6.69. The summed E-state index contributed by atoms with van der Waals surface area (Å²) in [6.07, 6.45) is 6.88. The lowest BCUT2D eigenvalue weighted by molar-refractivity contribution is -0.129. The van der Waals surface area contributed by atoms with E-state index in [4.69, 9.17) is 11.6 Å². The van der Waals surface area contributed by atoms with Gasteiger partial charge in [0.05, 0.1) is 17.7 Å². The first-order chi connectivity index (χ1) is 13.6. The summed E-state index contributed by atoms with van der Waals surface area (Å²) < 4.78 is 0. The quantitative estimate of drug-likeness (QED) is 0.667. The van der Waals surface area contributed by atoms with Gasteiger partial charge in [-0.3, -0.25) is 9.69 Å². The third kappa shape index (κ3) is 2.44. The Hall–Kier alpha value is -2.30. The van der Waals surface area contributed by atoms with Gasteiger partial charge in [0.1, 0.15) is 11.1 Å². The summed E-state index contributed by atoms with van der Waals surface area (Å²) in [5.41, 5.74) is 0.909. The van der Waals surface area contributed by atoms with Crippen LogP contribution in [0.15, 0.2) is 41.1 Å². The molecule has 4 nitrogen and oxygen atoms in total. The van der Waals surface area contributed by atoms with Crippen molar-refractivity contribution in [2.45, 2.75) is 38.5 Å². The van der Waals surface area contributed by atoms with Crippen molar-refractivity contribution < 1.29 is 4.79 Å². The molecule has 0 radical (unpaired) electrons. The molecule has 5 heteroatoms. The monoisotopic (exact) mass is 391 g/mol. The Morgan fingerprint density at radius 2 is 1.57 bits per heavy atom. The number of allylic oxidation sites excluding steroid dienone is 1. The lowest BCUT2D eigenvalue weighted by Gasteiger charge is -2.60. The molecule has 142 valence electrons. The van der Waals surface area contributed by atoms with Gasteiger partial charge < -0.3 is 0 Å². The van der Waals surface area contributed by atoms with Crippen molar-refractivity contribution in [2.24, 2.45) is 35.0 Å². The zero-order valence-electron chi connectivity index (χ0n) is 15.6. The molecule has 2 atom stereocenters. The highest BCUT2D eigenvalue weighted by atomic mass is 35.5. The summed E-state index contributed by atoms with van der Waals surface area (Å²) in [5, 5.41) is 20.3. The van der Waals surface area contributed by atoms with Crippen LogP contribution in [0.3, 0.4) is 0 Å². The average molecular weight is 392 g/mol. The fraction of sp³-hybridized carbons (Fsp3) is 0.522. The number of amides is 1. The maximum absolute atomic E-state index is 13.4. The van der Waals surface area contributed by atoms with Crippen molar-refractivity contribution in [3.63, 3.8) is 0 Å². The van der Waals surface area contributed by atoms with E-state index in [9.17, 15) is 15.3 Å². The second kappa shape index (κ2) is 6.36. The normalized spacial score (nSPS) is 39.0. The van der Waals surface area contributed by atoms with Crippen molar-refractivity contribution in [3.8, 4) is 12.1 Å². The summed E-state index contributed by atoms with van der Waals surface area (Å²) in [6.45, 7) is 0. The molecule has 0 aromatic heterocycles. The minimum atomic E-state index is -0.853.